The molecule has 1 heterocycles. The van der Waals surface area contributed by atoms with Crippen LogP contribution in [-0.2, 0) is 0 Å². The Morgan fingerprint density at radius 3 is 2.56 bits per heavy atom. The molecule has 0 unspecified atom stereocenters. The zero-order chi connectivity index (χ0) is 11.2. The van der Waals surface area contributed by atoms with Crippen molar-refractivity contribution in [3.05, 3.63) is 29.3 Å². The predicted octanol–water partition coefficient (Wildman–Crippen LogP) is 1.62. The molecule has 1 aromatic rings. The van der Waals surface area contributed by atoms with Gasteiger partial charge in [-0.15, -0.1) is 0 Å². The SMILES string of the molecule is Clc1ccc(OCCN2CCNCC2)cc1. The molecule has 0 aromatic heterocycles. The summed E-state index contributed by atoms with van der Waals surface area (Å²) in [5.74, 6) is 0.888. The first-order chi connectivity index (χ1) is 7.84. The van der Waals surface area contributed by atoms with Gasteiger partial charge in [-0.25, -0.2) is 0 Å². The fourth-order valence-electron chi connectivity index (χ4n) is 1.76. The van der Waals surface area contributed by atoms with Gasteiger partial charge in [0.15, 0.2) is 0 Å². The van der Waals surface area contributed by atoms with Gasteiger partial charge in [0.1, 0.15) is 12.4 Å². The molecular weight excluding hydrogens is 224 g/mol. The molecule has 0 radical (unpaired) electrons. The van der Waals surface area contributed by atoms with E-state index in [1.807, 2.05) is 24.3 Å². The number of benzene rings is 1. The predicted molar refractivity (Wildman–Crippen MR) is 66.3 cm³/mol. The number of nitrogens with one attached hydrogen (secondary N) is 1. The van der Waals surface area contributed by atoms with E-state index in [1.165, 1.54) is 0 Å². The van der Waals surface area contributed by atoms with Crippen LogP contribution in [0.25, 0.3) is 0 Å². The molecule has 1 fully saturated rings. The normalized spacial score (nSPS) is 17.3. The second-order valence-electron chi connectivity index (χ2n) is 3.89. The minimum Gasteiger partial charge on any atom is -0.492 e. The van der Waals surface area contributed by atoms with Crippen LogP contribution in [0.1, 0.15) is 0 Å². The van der Waals surface area contributed by atoms with Crippen LogP contribution in [0, 0.1) is 0 Å². The zero-order valence-electron chi connectivity index (χ0n) is 9.29. The van der Waals surface area contributed by atoms with E-state index in [0.717, 1.165) is 50.1 Å². The van der Waals surface area contributed by atoms with E-state index < -0.39 is 0 Å². The molecule has 1 aliphatic heterocycles. The quantitative estimate of drug-likeness (QED) is 0.866. The summed E-state index contributed by atoms with van der Waals surface area (Å²) < 4.78 is 5.64. The van der Waals surface area contributed by atoms with Crippen molar-refractivity contribution in [2.75, 3.05) is 39.3 Å². The van der Waals surface area contributed by atoms with Crippen LogP contribution in [0.3, 0.4) is 0 Å². The van der Waals surface area contributed by atoms with Gasteiger partial charge in [-0.2, -0.15) is 0 Å². The molecule has 1 saturated heterocycles. The Kier molecular flexibility index (Phi) is 4.45. The molecule has 0 aliphatic carbocycles. The van der Waals surface area contributed by atoms with Gasteiger partial charge in [0.05, 0.1) is 0 Å². The minimum atomic E-state index is 0.738. The van der Waals surface area contributed by atoms with Gasteiger partial charge >= 0.3 is 0 Å². The van der Waals surface area contributed by atoms with Crippen molar-refractivity contribution in [3.63, 3.8) is 0 Å². The summed E-state index contributed by atoms with van der Waals surface area (Å²) >= 11 is 5.80. The lowest BCUT2D eigenvalue weighted by atomic mass is 10.3. The molecule has 0 spiro atoms. The molecule has 1 N–H and O–H groups in total. The third-order valence-corrected chi connectivity index (χ3v) is 2.95. The van der Waals surface area contributed by atoms with Gasteiger partial charge in [-0.05, 0) is 24.3 Å². The Morgan fingerprint density at radius 2 is 1.88 bits per heavy atom. The molecule has 16 heavy (non-hydrogen) atoms. The summed E-state index contributed by atoms with van der Waals surface area (Å²) in [6.07, 6.45) is 0. The molecule has 3 nitrogen and oxygen atoms in total. The van der Waals surface area contributed by atoms with Crippen molar-refractivity contribution in [1.29, 1.82) is 0 Å². The van der Waals surface area contributed by atoms with E-state index >= 15 is 0 Å². The molecule has 1 aliphatic rings. The molecule has 4 heteroatoms. The number of ether oxygens (including phenoxy) is 1. The van der Waals surface area contributed by atoms with Gasteiger partial charge in [0.2, 0.25) is 0 Å². The van der Waals surface area contributed by atoms with Gasteiger partial charge < -0.3 is 10.1 Å². The summed E-state index contributed by atoms with van der Waals surface area (Å²) in [5.41, 5.74) is 0. The Morgan fingerprint density at radius 1 is 1.19 bits per heavy atom. The minimum absolute atomic E-state index is 0.738. The summed E-state index contributed by atoms with van der Waals surface area (Å²) in [7, 11) is 0. The lowest BCUT2D eigenvalue weighted by Crippen LogP contribution is -2.44. The average molecular weight is 241 g/mol. The highest BCUT2D eigenvalue weighted by atomic mass is 35.5. The highest BCUT2D eigenvalue weighted by Crippen LogP contribution is 2.15. The summed E-state index contributed by atoms with van der Waals surface area (Å²) in [4.78, 5) is 2.41. The number of nitrogens with zero attached hydrogens (tertiary/aromatic N) is 1. The van der Waals surface area contributed by atoms with Crippen molar-refractivity contribution < 1.29 is 4.74 Å². The first-order valence-electron chi connectivity index (χ1n) is 5.66. The van der Waals surface area contributed by atoms with E-state index in [2.05, 4.69) is 10.2 Å². The largest absolute Gasteiger partial charge is 0.492 e. The van der Waals surface area contributed by atoms with Gasteiger partial charge in [0, 0.05) is 37.7 Å². The summed E-state index contributed by atoms with van der Waals surface area (Å²) in [6.45, 7) is 6.13. The van der Waals surface area contributed by atoms with Crippen molar-refractivity contribution in [3.8, 4) is 5.75 Å². The third kappa shape index (κ3) is 3.67. The molecule has 2 rings (SSSR count). The molecule has 0 saturated carbocycles. The van der Waals surface area contributed by atoms with Crippen LogP contribution in [0.4, 0.5) is 0 Å². The monoisotopic (exact) mass is 240 g/mol. The van der Waals surface area contributed by atoms with Crippen molar-refractivity contribution >= 4 is 11.6 Å². The van der Waals surface area contributed by atoms with Crippen LogP contribution >= 0.6 is 11.6 Å². The fraction of sp³-hybridized carbons (Fsp3) is 0.500. The number of hydrogen-bond acceptors (Lipinski definition) is 3. The van der Waals surface area contributed by atoms with Crippen LogP contribution in [-0.4, -0.2) is 44.2 Å². The van der Waals surface area contributed by atoms with Gasteiger partial charge in [0.25, 0.3) is 0 Å². The highest BCUT2D eigenvalue weighted by molar-refractivity contribution is 6.30. The second kappa shape index (κ2) is 6.09. The number of piperazine rings is 1. The van der Waals surface area contributed by atoms with E-state index in [9.17, 15) is 0 Å². The molecule has 0 bridgehead atoms. The van der Waals surface area contributed by atoms with Crippen LogP contribution < -0.4 is 10.1 Å². The van der Waals surface area contributed by atoms with Crippen LogP contribution in [0.15, 0.2) is 24.3 Å². The fourth-order valence-corrected chi connectivity index (χ4v) is 1.88. The van der Waals surface area contributed by atoms with E-state index in [4.69, 9.17) is 16.3 Å². The summed E-state index contributed by atoms with van der Waals surface area (Å²) in [5, 5.41) is 4.08. The molecule has 1 aromatic carbocycles. The number of rotatable bonds is 4. The van der Waals surface area contributed by atoms with Crippen LogP contribution in [0.2, 0.25) is 5.02 Å². The Hall–Kier alpha value is -0.770. The maximum atomic E-state index is 5.80. The maximum absolute atomic E-state index is 5.80. The van der Waals surface area contributed by atoms with E-state index in [1.54, 1.807) is 0 Å². The van der Waals surface area contributed by atoms with Crippen molar-refractivity contribution in [2.24, 2.45) is 0 Å². The smallest absolute Gasteiger partial charge is 0.119 e. The molecule has 88 valence electrons. The Balaban J connectivity index is 1.69. The van der Waals surface area contributed by atoms with E-state index in [0.29, 0.717) is 0 Å². The van der Waals surface area contributed by atoms with Gasteiger partial charge in [-0.3, -0.25) is 4.90 Å². The van der Waals surface area contributed by atoms with Gasteiger partial charge in [-0.1, -0.05) is 11.6 Å². The first-order valence-corrected chi connectivity index (χ1v) is 6.04. The number of halogens is 1. The first kappa shape index (κ1) is 11.7. The standard InChI is InChI=1S/C12H17ClN2O/c13-11-1-3-12(4-2-11)16-10-9-15-7-5-14-6-8-15/h1-4,14H,5-10H2. The van der Waals surface area contributed by atoms with Crippen molar-refractivity contribution in [2.45, 2.75) is 0 Å². The maximum Gasteiger partial charge on any atom is 0.119 e. The average Bonchev–Trinajstić information content (AvgIpc) is 2.33. The number of hydrogen-bond donors (Lipinski definition) is 1. The Labute approximate surface area is 101 Å². The highest BCUT2D eigenvalue weighted by Gasteiger charge is 2.08. The topological polar surface area (TPSA) is 24.5 Å². The molecular formula is C12H17ClN2O. The lowest BCUT2D eigenvalue weighted by Gasteiger charge is -2.26. The summed E-state index contributed by atoms with van der Waals surface area (Å²) in [6, 6.07) is 7.50. The second-order valence-corrected chi connectivity index (χ2v) is 4.33. The molecule has 0 amide bonds. The molecule has 0 atom stereocenters. The zero-order valence-corrected chi connectivity index (χ0v) is 10.0. The third-order valence-electron chi connectivity index (χ3n) is 2.70. The Bertz CT molecular complexity index is 309. The van der Waals surface area contributed by atoms with Crippen LogP contribution in [0.5, 0.6) is 5.75 Å². The van der Waals surface area contributed by atoms with Crippen molar-refractivity contribution in [1.82, 2.24) is 10.2 Å². The van der Waals surface area contributed by atoms with E-state index in [-0.39, 0.29) is 0 Å². The lowest BCUT2D eigenvalue weighted by molar-refractivity contribution is 0.191.